The van der Waals surface area contributed by atoms with Crippen LogP contribution < -0.4 is 11.3 Å². The van der Waals surface area contributed by atoms with Crippen LogP contribution in [-0.2, 0) is 6.42 Å². The molecule has 0 bridgehead atoms. The van der Waals surface area contributed by atoms with E-state index in [0.717, 1.165) is 6.42 Å². The Morgan fingerprint density at radius 3 is 2.82 bits per heavy atom. The monoisotopic (exact) mass is 247 g/mol. The molecule has 3 nitrogen and oxygen atoms in total. The lowest BCUT2D eigenvalue weighted by atomic mass is 10.1. The predicted octanol–water partition coefficient (Wildman–Crippen LogP) is 2.51. The normalized spacial score (nSPS) is 12.6. The van der Waals surface area contributed by atoms with Crippen LogP contribution >= 0.6 is 11.3 Å². The molecule has 2 rings (SSSR count). The Bertz CT molecular complexity index is 459. The summed E-state index contributed by atoms with van der Waals surface area (Å²) in [6, 6.07) is 6.40. The molecule has 3 N–H and O–H groups in total. The molecule has 2 heterocycles. The van der Waals surface area contributed by atoms with Gasteiger partial charge in [0.25, 0.3) is 0 Å². The zero-order valence-corrected chi connectivity index (χ0v) is 10.9. The van der Waals surface area contributed by atoms with Crippen molar-refractivity contribution in [1.29, 1.82) is 0 Å². The van der Waals surface area contributed by atoms with E-state index in [2.05, 4.69) is 36.4 Å². The van der Waals surface area contributed by atoms with Gasteiger partial charge in [0.15, 0.2) is 0 Å². The second kappa shape index (κ2) is 5.40. The van der Waals surface area contributed by atoms with Crippen LogP contribution in [0.2, 0.25) is 0 Å². The number of thiophene rings is 1. The van der Waals surface area contributed by atoms with Crippen molar-refractivity contribution < 1.29 is 0 Å². The van der Waals surface area contributed by atoms with Gasteiger partial charge in [0.2, 0.25) is 0 Å². The molecule has 0 amide bonds. The van der Waals surface area contributed by atoms with Gasteiger partial charge in [-0.1, -0.05) is 6.07 Å². The molecule has 1 unspecified atom stereocenters. The summed E-state index contributed by atoms with van der Waals surface area (Å²) in [5.74, 6) is 5.65. The smallest absolute Gasteiger partial charge is 0.0594 e. The molecule has 0 aliphatic rings. The summed E-state index contributed by atoms with van der Waals surface area (Å²) in [5, 5.41) is 0. The second-order valence-electron chi connectivity index (χ2n) is 4.17. The largest absolute Gasteiger partial charge is 0.271 e. The quantitative estimate of drug-likeness (QED) is 0.644. The van der Waals surface area contributed by atoms with Gasteiger partial charge in [-0.2, -0.15) is 0 Å². The maximum Gasteiger partial charge on any atom is 0.0594 e. The fourth-order valence-corrected chi connectivity index (χ4v) is 2.87. The number of nitrogens with zero attached hydrogens (tertiary/aromatic N) is 1. The van der Waals surface area contributed by atoms with E-state index in [-0.39, 0.29) is 6.04 Å². The zero-order valence-electron chi connectivity index (χ0n) is 10.1. The first-order valence-electron chi connectivity index (χ1n) is 5.62. The molecule has 17 heavy (non-hydrogen) atoms. The number of rotatable bonds is 4. The van der Waals surface area contributed by atoms with Gasteiger partial charge >= 0.3 is 0 Å². The van der Waals surface area contributed by atoms with Crippen molar-refractivity contribution in [3.05, 3.63) is 51.5 Å². The molecule has 0 aliphatic heterocycles. The first-order chi connectivity index (χ1) is 8.20. The van der Waals surface area contributed by atoms with Crippen molar-refractivity contribution in [3.63, 3.8) is 0 Å². The second-order valence-corrected chi connectivity index (χ2v) is 5.46. The summed E-state index contributed by atoms with van der Waals surface area (Å²) in [7, 11) is 0. The van der Waals surface area contributed by atoms with Gasteiger partial charge in [-0.25, -0.2) is 0 Å². The number of nitrogens with one attached hydrogen (secondary N) is 1. The Morgan fingerprint density at radius 1 is 1.47 bits per heavy atom. The molecule has 0 radical (unpaired) electrons. The molecule has 0 saturated carbocycles. The lowest BCUT2D eigenvalue weighted by molar-refractivity contribution is 0.560. The summed E-state index contributed by atoms with van der Waals surface area (Å²) in [6.45, 7) is 4.27. The Balaban J connectivity index is 2.17. The van der Waals surface area contributed by atoms with E-state index in [1.54, 1.807) is 17.5 Å². The lowest BCUT2D eigenvalue weighted by Gasteiger charge is -2.13. The predicted molar refractivity (Wildman–Crippen MR) is 71.8 cm³/mol. The maximum atomic E-state index is 5.65. The molecule has 1 atom stereocenters. The Morgan fingerprint density at radius 2 is 2.29 bits per heavy atom. The summed E-state index contributed by atoms with van der Waals surface area (Å²) < 4.78 is 0. The van der Waals surface area contributed by atoms with Crippen LogP contribution in [0.25, 0.3) is 0 Å². The highest BCUT2D eigenvalue weighted by Gasteiger charge is 2.14. The number of aryl methyl sites for hydroxylation is 2. The molecule has 2 aromatic rings. The van der Waals surface area contributed by atoms with E-state index in [1.807, 2.05) is 12.3 Å². The molecule has 0 aromatic carbocycles. The van der Waals surface area contributed by atoms with Crippen molar-refractivity contribution in [2.45, 2.75) is 26.3 Å². The van der Waals surface area contributed by atoms with Crippen molar-refractivity contribution >= 4 is 11.3 Å². The standard InChI is InChI=1S/C13H17N3S/c1-9-6-13(17-10(9)2)12(16-14)7-11-4-3-5-15-8-11/h3-6,8,12,16H,7,14H2,1-2H3. The Labute approximate surface area is 106 Å². The topological polar surface area (TPSA) is 50.9 Å². The highest BCUT2D eigenvalue weighted by atomic mass is 32.1. The third kappa shape index (κ3) is 2.91. The number of aromatic nitrogens is 1. The Hall–Kier alpha value is -1.23. The molecule has 2 aromatic heterocycles. The van der Waals surface area contributed by atoms with Crippen LogP contribution in [0.1, 0.15) is 26.9 Å². The number of hydrazine groups is 1. The third-order valence-electron chi connectivity index (χ3n) is 2.89. The lowest BCUT2D eigenvalue weighted by Crippen LogP contribution is -2.28. The molecule has 0 spiro atoms. The van der Waals surface area contributed by atoms with Crippen molar-refractivity contribution in [2.24, 2.45) is 5.84 Å². The minimum Gasteiger partial charge on any atom is -0.271 e. The van der Waals surface area contributed by atoms with E-state index >= 15 is 0 Å². The molecule has 90 valence electrons. The van der Waals surface area contributed by atoms with Gasteiger partial charge in [-0.15, -0.1) is 11.3 Å². The summed E-state index contributed by atoms with van der Waals surface area (Å²) in [6.07, 6.45) is 4.54. The average molecular weight is 247 g/mol. The van der Waals surface area contributed by atoms with E-state index in [1.165, 1.54) is 20.9 Å². The number of hydrogen-bond acceptors (Lipinski definition) is 4. The maximum absolute atomic E-state index is 5.65. The summed E-state index contributed by atoms with van der Waals surface area (Å²) in [4.78, 5) is 6.76. The van der Waals surface area contributed by atoms with Gasteiger partial charge in [0, 0.05) is 22.1 Å². The number of pyridine rings is 1. The molecular formula is C13H17N3S. The SMILES string of the molecule is Cc1cc(C(Cc2cccnc2)NN)sc1C. The van der Waals surface area contributed by atoms with Gasteiger partial charge in [-0.05, 0) is 43.5 Å². The molecule has 0 fully saturated rings. The fourth-order valence-electron chi connectivity index (χ4n) is 1.77. The van der Waals surface area contributed by atoms with Gasteiger partial charge in [0.1, 0.15) is 0 Å². The highest BCUT2D eigenvalue weighted by Crippen LogP contribution is 2.28. The zero-order chi connectivity index (χ0) is 12.3. The van der Waals surface area contributed by atoms with Crippen LogP contribution in [0.3, 0.4) is 0 Å². The minimum absolute atomic E-state index is 0.164. The van der Waals surface area contributed by atoms with Crippen molar-refractivity contribution in [1.82, 2.24) is 10.4 Å². The van der Waals surface area contributed by atoms with Crippen LogP contribution in [0, 0.1) is 13.8 Å². The van der Waals surface area contributed by atoms with E-state index in [0.29, 0.717) is 0 Å². The van der Waals surface area contributed by atoms with E-state index in [9.17, 15) is 0 Å². The molecule has 0 aliphatic carbocycles. The third-order valence-corrected chi connectivity index (χ3v) is 4.16. The van der Waals surface area contributed by atoms with Crippen molar-refractivity contribution in [3.8, 4) is 0 Å². The van der Waals surface area contributed by atoms with Gasteiger partial charge in [0.05, 0.1) is 6.04 Å². The van der Waals surface area contributed by atoms with Gasteiger partial charge in [-0.3, -0.25) is 16.3 Å². The molecule has 0 saturated heterocycles. The van der Waals surface area contributed by atoms with Crippen LogP contribution in [0.5, 0.6) is 0 Å². The van der Waals surface area contributed by atoms with Crippen LogP contribution in [-0.4, -0.2) is 4.98 Å². The summed E-state index contributed by atoms with van der Waals surface area (Å²) >= 11 is 1.80. The van der Waals surface area contributed by atoms with Crippen LogP contribution in [0.4, 0.5) is 0 Å². The molecule has 4 heteroatoms. The molecular weight excluding hydrogens is 230 g/mol. The number of nitrogens with two attached hydrogens (primary N) is 1. The summed E-state index contributed by atoms with van der Waals surface area (Å²) in [5.41, 5.74) is 5.41. The Kier molecular flexibility index (Phi) is 3.89. The van der Waals surface area contributed by atoms with Crippen LogP contribution in [0.15, 0.2) is 30.6 Å². The highest BCUT2D eigenvalue weighted by molar-refractivity contribution is 7.12. The minimum atomic E-state index is 0.164. The average Bonchev–Trinajstić information content (AvgIpc) is 2.68. The van der Waals surface area contributed by atoms with Gasteiger partial charge < -0.3 is 0 Å². The first-order valence-corrected chi connectivity index (χ1v) is 6.44. The van der Waals surface area contributed by atoms with Crippen molar-refractivity contribution in [2.75, 3.05) is 0 Å². The fraction of sp³-hybridized carbons (Fsp3) is 0.308. The van der Waals surface area contributed by atoms with E-state index < -0.39 is 0 Å². The van der Waals surface area contributed by atoms with E-state index in [4.69, 9.17) is 5.84 Å². The number of hydrogen-bond donors (Lipinski definition) is 2. The first kappa shape index (κ1) is 12.2.